The van der Waals surface area contributed by atoms with Crippen molar-refractivity contribution >= 4 is 5.91 Å². The van der Waals surface area contributed by atoms with Gasteiger partial charge in [-0.25, -0.2) is 0 Å². The monoisotopic (exact) mass is 251 g/mol. The molecular formula is C13H21N3O2. The van der Waals surface area contributed by atoms with Gasteiger partial charge in [-0.15, -0.1) is 0 Å². The van der Waals surface area contributed by atoms with Crippen LogP contribution >= 0.6 is 0 Å². The van der Waals surface area contributed by atoms with Crippen molar-refractivity contribution in [2.75, 3.05) is 13.2 Å². The van der Waals surface area contributed by atoms with Crippen molar-refractivity contribution in [3.8, 4) is 0 Å². The van der Waals surface area contributed by atoms with Gasteiger partial charge < -0.3 is 10.1 Å². The number of carbonyl (C=O) groups excluding carboxylic acids is 1. The Morgan fingerprint density at radius 3 is 3.11 bits per heavy atom. The molecule has 1 saturated heterocycles. The molecule has 0 spiro atoms. The third-order valence-electron chi connectivity index (χ3n) is 3.50. The van der Waals surface area contributed by atoms with Crippen molar-refractivity contribution in [1.82, 2.24) is 15.5 Å². The number of hydrogen-bond acceptors (Lipinski definition) is 3. The van der Waals surface area contributed by atoms with Gasteiger partial charge in [0.05, 0.1) is 6.20 Å². The zero-order chi connectivity index (χ0) is 13.0. The molecule has 1 aliphatic rings. The maximum absolute atomic E-state index is 11.8. The molecule has 1 fully saturated rings. The van der Waals surface area contributed by atoms with Crippen LogP contribution in [0.3, 0.4) is 0 Å². The standard InChI is InChI=1S/C13H21N3O2/c1-9-5-7-18-12(9)13(17)14-6-3-4-11-8-15-16-10(11)2/h8-9,12H,3-7H2,1-2H3,(H,14,17)(H,15,16). The summed E-state index contributed by atoms with van der Waals surface area (Å²) in [5.74, 6) is 0.366. The number of nitrogens with one attached hydrogen (secondary N) is 2. The summed E-state index contributed by atoms with van der Waals surface area (Å²) in [6.45, 7) is 5.46. The van der Waals surface area contributed by atoms with E-state index in [2.05, 4.69) is 22.4 Å². The summed E-state index contributed by atoms with van der Waals surface area (Å²) in [6.07, 6.45) is 4.43. The Morgan fingerprint density at radius 2 is 2.50 bits per heavy atom. The summed E-state index contributed by atoms with van der Waals surface area (Å²) in [5.41, 5.74) is 2.32. The number of nitrogens with zero attached hydrogens (tertiary/aromatic N) is 1. The fraction of sp³-hybridized carbons (Fsp3) is 0.692. The van der Waals surface area contributed by atoms with Gasteiger partial charge in [0.25, 0.3) is 0 Å². The fourth-order valence-corrected chi connectivity index (χ4v) is 2.25. The van der Waals surface area contributed by atoms with E-state index < -0.39 is 0 Å². The highest BCUT2D eigenvalue weighted by Gasteiger charge is 2.30. The summed E-state index contributed by atoms with van der Waals surface area (Å²) in [5, 5.41) is 9.83. The number of aryl methyl sites for hydroxylation is 2. The number of aromatic amines is 1. The van der Waals surface area contributed by atoms with Gasteiger partial charge in [-0.05, 0) is 37.7 Å². The van der Waals surface area contributed by atoms with E-state index in [4.69, 9.17) is 4.74 Å². The predicted molar refractivity (Wildman–Crippen MR) is 68.2 cm³/mol. The van der Waals surface area contributed by atoms with Gasteiger partial charge in [-0.2, -0.15) is 5.10 Å². The average Bonchev–Trinajstić information content (AvgIpc) is 2.94. The van der Waals surface area contributed by atoms with Crippen LogP contribution in [0.4, 0.5) is 0 Å². The van der Waals surface area contributed by atoms with E-state index in [1.165, 1.54) is 5.56 Å². The lowest BCUT2D eigenvalue weighted by Crippen LogP contribution is -2.37. The largest absolute Gasteiger partial charge is 0.368 e. The van der Waals surface area contributed by atoms with E-state index in [-0.39, 0.29) is 12.0 Å². The maximum atomic E-state index is 11.8. The molecule has 5 nitrogen and oxygen atoms in total. The van der Waals surface area contributed by atoms with Crippen molar-refractivity contribution in [2.24, 2.45) is 5.92 Å². The van der Waals surface area contributed by atoms with Crippen LogP contribution in [0.15, 0.2) is 6.20 Å². The SMILES string of the molecule is Cc1[nH]ncc1CCCNC(=O)C1OCCC1C. The van der Waals surface area contributed by atoms with Crippen LogP contribution in [-0.2, 0) is 16.0 Å². The summed E-state index contributed by atoms with van der Waals surface area (Å²) < 4.78 is 5.42. The van der Waals surface area contributed by atoms with Crippen LogP contribution in [0.1, 0.15) is 31.0 Å². The van der Waals surface area contributed by atoms with Crippen molar-refractivity contribution < 1.29 is 9.53 Å². The first kappa shape index (κ1) is 13.1. The van der Waals surface area contributed by atoms with Crippen molar-refractivity contribution in [3.63, 3.8) is 0 Å². The molecule has 1 aromatic rings. The molecular weight excluding hydrogens is 230 g/mol. The Morgan fingerprint density at radius 1 is 1.67 bits per heavy atom. The number of aromatic nitrogens is 2. The van der Waals surface area contributed by atoms with Crippen LogP contribution in [0.2, 0.25) is 0 Å². The fourth-order valence-electron chi connectivity index (χ4n) is 2.25. The second kappa shape index (κ2) is 6.00. The minimum absolute atomic E-state index is 0.0314. The lowest BCUT2D eigenvalue weighted by molar-refractivity contribution is -0.131. The Bertz CT molecular complexity index is 403. The molecule has 2 unspecified atom stereocenters. The molecule has 2 rings (SSSR count). The second-order valence-corrected chi connectivity index (χ2v) is 4.97. The van der Waals surface area contributed by atoms with Crippen LogP contribution < -0.4 is 5.32 Å². The van der Waals surface area contributed by atoms with Crippen molar-refractivity contribution in [2.45, 2.75) is 39.2 Å². The maximum Gasteiger partial charge on any atom is 0.249 e. The number of hydrogen-bond donors (Lipinski definition) is 2. The summed E-state index contributed by atoms with van der Waals surface area (Å²) >= 11 is 0. The van der Waals surface area contributed by atoms with E-state index in [1.807, 2.05) is 13.1 Å². The van der Waals surface area contributed by atoms with Gasteiger partial charge in [0.15, 0.2) is 0 Å². The number of carbonyl (C=O) groups is 1. The molecule has 1 aromatic heterocycles. The van der Waals surface area contributed by atoms with Crippen LogP contribution in [-0.4, -0.2) is 35.4 Å². The zero-order valence-corrected chi connectivity index (χ0v) is 11.0. The molecule has 100 valence electrons. The van der Waals surface area contributed by atoms with Gasteiger partial charge in [-0.1, -0.05) is 6.92 Å². The van der Waals surface area contributed by atoms with Gasteiger partial charge in [0.2, 0.25) is 5.91 Å². The number of ether oxygens (including phenoxy) is 1. The van der Waals surface area contributed by atoms with E-state index >= 15 is 0 Å². The van der Waals surface area contributed by atoms with E-state index in [0.29, 0.717) is 19.1 Å². The molecule has 18 heavy (non-hydrogen) atoms. The summed E-state index contributed by atoms with van der Waals surface area (Å²) in [4.78, 5) is 11.8. The molecule has 0 aliphatic carbocycles. The van der Waals surface area contributed by atoms with Crippen molar-refractivity contribution in [1.29, 1.82) is 0 Å². The zero-order valence-electron chi connectivity index (χ0n) is 11.0. The average molecular weight is 251 g/mol. The third kappa shape index (κ3) is 3.10. The van der Waals surface area contributed by atoms with Gasteiger partial charge >= 0.3 is 0 Å². The Hall–Kier alpha value is -1.36. The minimum atomic E-state index is -0.249. The first-order valence-electron chi connectivity index (χ1n) is 6.56. The normalized spacial score (nSPS) is 23.2. The number of H-pyrrole nitrogens is 1. The molecule has 0 saturated carbocycles. The highest BCUT2D eigenvalue weighted by molar-refractivity contribution is 5.81. The van der Waals surface area contributed by atoms with E-state index in [1.54, 1.807) is 0 Å². The summed E-state index contributed by atoms with van der Waals surface area (Å²) in [6, 6.07) is 0. The first-order valence-corrected chi connectivity index (χ1v) is 6.56. The smallest absolute Gasteiger partial charge is 0.249 e. The van der Waals surface area contributed by atoms with E-state index in [9.17, 15) is 4.79 Å². The molecule has 0 bridgehead atoms. The molecule has 0 aromatic carbocycles. The topological polar surface area (TPSA) is 67.0 Å². The molecule has 2 atom stereocenters. The Labute approximate surface area is 107 Å². The molecule has 2 heterocycles. The van der Waals surface area contributed by atoms with E-state index in [0.717, 1.165) is 25.0 Å². The molecule has 5 heteroatoms. The predicted octanol–water partition coefficient (Wildman–Crippen LogP) is 1.19. The van der Waals surface area contributed by atoms with Crippen LogP contribution in [0.25, 0.3) is 0 Å². The lowest BCUT2D eigenvalue weighted by atomic mass is 10.0. The quantitative estimate of drug-likeness (QED) is 0.773. The first-order chi connectivity index (χ1) is 8.68. The summed E-state index contributed by atoms with van der Waals surface area (Å²) in [7, 11) is 0. The highest BCUT2D eigenvalue weighted by atomic mass is 16.5. The molecule has 0 radical (unpaired) electrons. The molecule has 2 N–H and O–H groups in total. The lowest BCUT2D eigenvalue weighted by Gasteiger charge is -2.14. The van der Waals surface area contributed by atoms with Gasteiger partial charge in [0, 0.05) is 18.8 Å². The van der Waals surface area contributed by atoms with Gasteiger partial charge in [-0.3, -0.25) is 9.89 Å². The Balaban J connectivity index is 1.66. The Kier molecular flexibility index (Phi) is 4.36. The molecule has 1 aliphatic heterocycles. The van der Waals surface area contributed by atoms with Gasteiger partial charge in [0.1, 0.15) is 6.10 Å². The van der Waals surface area contributed by atoms with Crippen molar-refractivity contribution in [3.05, 3.63) is 17.5 Å². The van der Waals surface area contributed by atoms with Crippen LogP contribution in [0.5, 0.6) is 0 Å². The third-order valence-corrected chi connectivity index (χ3v) is 3.50. The number of rotatable bonds is 5. The number of amides is 1. The van der Waals surface area contributed by atoms with Crippen LogP contribution in [0, 0.1) is 12.8 Å². The second-order valence-electron chi connectivity index (χ2n) is 4.97. The molecule has 1 amide bonds. The highest BCUT2D eigenvalue weighted by Crippen LogP contribution is 2.19. The minimum Gasteiger partial charge on any atom is -0.368 e.